The van der Waals surface area contributed by atoms with Crippen LogP contribution >= 0.6 is 0 Å². The smallest absolute Gasteiger partial charge is 0.294 e. The highest BCUT2D eigenvalue weighted by Gasteiger charge is 2.15. The molecule has 0 aromatic heterocycles. The lowest BCUT2D eigenvalue weighted by Gasteiger charge is -2.23. The van der Waals surface area contributed by atoms with Gasteiger partial charge in [-0.25, -0.2) is 0 Å². The van der Waals surface area contributed by atoms with Crippen molar-refractivity contribution in [3.63, 3.8) is 0 Å². The molecule has 12 N–H and O–H groups in total. The number of ketones is 1. The standard InChI is InChI=1S/C19H24N10O.2C7H8O3S/c1-11(25-26-17(20)21)13-3-7-15(8-4-13)29(19(24)28-27-18(22)23)16-9-5-14(6-10-16)12(2)30;2*1-6-2-4-7(5-3-6)11(8,9)10/h3-10H,1-2H3,(H2,24,28)(H4,20,21,26)(H4,22,23,27);2*2-5H,1H3,(H,8,9,10)/b25-11+;;. The summed E-state index contributed by atoms with van der Waals surface area (Å²) in [5.74, 6) is -0.380. The summed E-state index contributed by atoms with van der Waals surface area (Å²) in [5, 5.41) is 15.1. The topological polar surface area (TPSA) is 309 Å². The van der Waals surface area contributed by atoms with E-state index in [1.54, 1.807) is 72.5 Å². The zero-order chi connectivity index (χ0) is 39.2. The number of nitrogens with zero attached hydrogens (tertiary/aromatic N) is 5. The van der Waals surface area contributed by atoms with Crippen molar-refractivity contribution in [2.24, 2.45) is 49.1 Å². The van der Waals surface area contributed by atoms with Gasteiger partial charge in [-0.1, -0.05) is 47.5 Å². The fourth-order valence-corrected chi connectivity index (χ4v) is 4.84. The summed E-state index contributed by atoms with van der Waals surface area (Å²) in [6, 6.07) is 26.1. The molecular formula is C33H40N10O7S2. The summed E-state index contributed by atoms with van der Waals surface area (Å²) in [6.07, 6.45) is 0. The molecule has 0 saturated carbocycles. The maximum absolute atomic E-state index is 11.6. The minimum atomic E-state index is -4.02. The molecule has 19 heteroatoms. The molecule has 0 saturated heterocycles. The first-order valence-corrected chi connectivity index (χ1v) is 17.7. The fraction of sp³-hybridized carbons (Fsp3) is 0.121. The molecule has 0 bridgehead atoms. The number of guanidine groups is 3. The molecule has 0 atom stereocenters. The molecule has 0 radical (unpaired) electrons. The largest absolute Gasteiger partial charge is 0.369 e. The molecular weight excluding hydrogens is 713 g/mol. The molecule has 0 amide bonds. The van der Waals surface area contributed by atoms with E-state index in [0.717, 1.165) is 16.7 Å². The highest BCUT2D eigenvalue weighted by atomic mass is 32.2. The predicted molar refractivity (Wildman–Crippen MR) is 202 cm³/mol. The van der Waals surface area contributed by atoms with Crippen LogP contribution in [0.15, 0.2) is 127 Å². The molecule has 0 fully saturated rings. The second-order valence-corrected chi connectivity index (χ2v) is 13.6. The Hall–Kier alpha value is -6.15. The third-order valence-electron chi connectivity index (χ3n) is 6.53. The predicted octanol–water partition coefficient (Wildman–Crippen LogP) is 3.01. The van der Waals surface area contributed by atoms with Crippen LogP contribution < -0.4 is 33.6 Å². The van der Waals surface area contributed by atoms with Crippen molar-refractivity contribution < 1.29 is 30.7 Å². The van der Waals surface area contributed by atoms with Crippen molar-refractivity contribution in [1.29, 1.82) is 0 Å². The van der Waals surface area contributed by atoms with Crippen LogP contribution in [0, 0.1) is 13.8 Å². The van der Waals surface area contributed by atoms with Crippen LogP contribution in [0.5, 0.6) is 0 Å². The molecule has 276 valence electrons. The Morgan fingerprint density at radius 3 is 1.21 bits per heavy atom. The molecule has 0 heterocycles. The van der Waals surface area contributed by atoms with E-state index >= 15 is 0 Å². The Kier molecular flexibility index (Phi) is 15.1. The monoisotopic (exact) mass is 752 g/mol. The number of anilines is 2. The van der Waals surface area contributed by atoms with Gasteiger partial charge in [-0.05, 0) is 93.9 Å². The number of rotatable bonds is 8. The van der Waals surface area contributed by atoms with Crippen LogP contribution in [-0.4, -0.2) is 55.3 Å². The van der Waals surface area contributed by atoms with Crippen LogP contribution in [0.2, 0.25) is 0 Å². The lowest BCUT2D eigenvalue weighted by molar-refractivity contribution is 0.101. The van der Waals surface area contributed by atoms with Crippen molar-refractivity contribution in [2.45, 2.75) is 37.5 Å². The van der Waals surface area contributed by atoms with Crippen molar-refractivity contribution >= 4 is 61.0 Å². The SMILES string of the molecule is CC(=O)c1ccc(N(/C(N)=N/N=C(N)N)c2ccc(/C(C)=N/N=C(N)N)cc2)cc1.Cc1ccc(S(=O)(=O)O)cc1.Cc1ccc(S(=O)(=O)O)cc1. The Morgan fingerprint density at radius 2 is 0.885 bits per heavy atom. The van der Waals surface area contributed by atoms with Crippen molar-refractivity contribution in [3.8, 4) is 0 Å². The molecule has 4 aromatic carbocycles. The first-order chi connectivity index (χ1) is 24.2. The maximum atomic E-state index is 11.6. The first-order valence-electron chi connectivity index (χ1n) is 14.8. The van der Waals surface area contributed by atoms with Gasteiger partial charge in [-0.15, -0.1) is 15.3 Å². The molecule has 17 nitrogen and oxygen atoms in total. The summed E-state index contributed by atoms with van der Waals surface area (Å²) < 4.78 is 59.1. The molecule has 0 aliphatic heterocycles. The molecule has 0 aliphatic carbocycles. The number of hydrogen-bond acceptors (Lipinski definition) is 9. The lowest BCUT2D eigenvalue weighted by atomic mass is 10.1. The maximum Gasteiger partial charge on any atom is 0.294 e. The third-order valence-corrected chi connectivity index (χ3v) is 8.26. The highest BCUT2D eigenvalue weighted by molar-refractivity contribution is 7.86. The average Bonchev–Trinajstić information content (AvgIpc) is 3.07. The summed E-state index contributed by atoms with van der Waals surface area (Å²) in [5.41, 5.74) is 32.6. The fourth-order valence-electron chi connectivity index (χ4n) is 3.88. The molecule has 0 unspecified atom stereocenters. The molecule has 0 aliphatic rings. The molecule has 52 heavy (non-hydrogen) atoms. The van der Waals surface area contributed by atoms with Gasteiger partial charge in [-0.2, -0.15) is 21.9 Å². The van der Waals surface area contributed by atoms with E-state index in [9.17, 15) is 21.6 Å². The molecule has 4 rings (SSSR count). The van der Waals surface area contributed by atoms with Crippen molar-refractivity contribution in [2.75, 3.05) is 4.90 Å². The van der Waals surface area contributed by atoms with E-state index < -0.39 is 20.2 Å². The Balaban J connectivity index is 0.000000344. The number of aryl methyl sites for hydroxylation is 2. The van der Waals surface area contributed by atoms with Crippen LogP contribution in [0.3, 0.4) is 0 Å². The van der Waals surface area contributed by atoms with Gasteiger partial charge in [0.05, 0.1) is 15.5 Å². The zero-order valence-corrected chi connectivity index (χ0v) is 30.2. The quantitative estimate of drug-likeness (QED) is 0.0448. The highest BCUT2D eigenvalue weighted by Crippen LogP contribution is 2.26. The van der Waals surface area contributed by atoms with Gasteiger partial charge in [0.2, 0.25) is 17.9 Å². The number of nitrogens with two attached hydrogens (primary N) is 5. The summed E-state index contributed by atoms with van der Waals surface area (Å²) in [4.78, 5) is 13.1. The van der Waals surface area contributed by atoms with Gasteiger partial charge >= 0.3 is 0 Å². The Labute approximate surface area is 301 Å². The van der Waals surface area contributed by atoms with Gasteiger partial charge < -0.3 is 28.7 Å². The van der Waals surface area contributed by atoms with E-state index in [1.807, 2.05) is 26.0 Å². The van der Waals surface area contributed by atoms with Crippen LogP contribution in [-0.2, 0) is 20.2 Å². The number of carbonyl (C=O) groups excluding carboxylic acids is 1. The van der Waals surface area contributed by atoms with Crippen LogP contribution in [0.1, 0.15) is 40.9 Å². The Morgan fingerprint density at radius 1 is 0.538 bits per heavy atom. The van der Waals surface area contributed by atoms with Crippen molar-refractivity contribution in [1.82, 2.24) is 0 Å². The van der Waals surface area contributed by atoms with E-state index in [0.29, 0.717) is 22.6 Å². The van der Waals surface area contributed by atoms with Crippen LogP contribution in [0.4, 0.5) is 11.4 Å². The lowest BCUT2D eigenvalue weighted by Crippen LogP contribution is -2.33. The van der Waals surface area contributed by atoms with Gasteiger partial charge in [-0.3, -0.25) is 18.8 Å². The van der Waals surface area contributed by atoms with Gasteiger partial charge in [0.25, 0.3) is 20.2 Å². The van der Waals surface area contributed by atoms with E-state index in [4.69, 9.17) is 37.8 Å². The summed E-state index contributed by atoms with van der Waals surface area (Å²) >= 11 is 0. The zero-order valence-electron chi connectivity index (χ0n) is 28.6. The molecule has 4 aromatic rings. The molecule has 0 spiro atoms. The summed E-state index contributed by atoms with van der Waals surface area (Å²) in [7, 11) is -8.04. The minimum absolute atomic E-state index is 0.0256. The van der Waals surface area contributed by atoms with Crippen LogP contribution in [0.25, 0.3) is 0 Å². The second-order valence-electron chi connectivity index (χ2n) is 10.8. The number of hydrogen-bond donors (Lipinski definition) is 7. The number of carbonyl (C=O) groups is 1. The third kappa shape index (κ3) is 14.0. The number of Topliss-reactive ketones (excluding diaryl/α,β-unsaturated/α-hetero) is 1. The number of benzene rings is 4. The van der Waals surface area contributed by atoms with E-state index in [2.05, 4.69) is 20.4 Å². The van der Waals surface area contributed by atoms with E-state index in [1.165, 1.54) is 31.2 Å². The average molecular weight is 753 g/mol. The van der Waals surface area contributed by atoms with Crippen molar-refractivity contribution in [3.05, 3.63) is 119 Å². The van der Waals surface area contributed by atoms with E-state index in [-0.39, 0.29) is 33.5 Å². The second kappa shape index (κ2) is 18.7. The summed E-state index contributed by atoms with van der Waals surface area (Å²) in [6.45, 7) is 6.95. The first kappa shape index (κ1) is 42.0. The van der Waals surface area contributed by atoms with Gasteiger partial charge in [0.1, 0.15) is 0 Å². The minimum Gasteiger partial charge on any atom is -0.369 e. The van der Waals surface area contributed by atoms with Gasteiger partial charge in [0.15, 0.2) is 5.78 Å². The Bertz CT molecular complexity index is 2090. The van der Waals surface area contributed by atoms with Gasteiger partial charge in [0, 0.05) is 16.9 Å². The normalized spacial score (nSPS) is 11.5.